The van der Waals surface area contributed by atoms with Gasteiger partial charge in [0.2, 0.25) is 0 Å². The first-order chi connectivity index (χ1) is 12.1. The van der Waals surface area contributed by atoms with Crippen molar-refractivity contribution in [3.8, 4) is 22.7 Å². The van der Waals surface area contributed by atoms with Crippen molar-refractivity contribution >= 4 is 11.4 Å². The highest BCUT2D eigenvalue weighted by Crippen LogP contribution is 2.35. The van der Waals surface area contributed by atoms with Gasteiger partial charge in [-0.1, -0.05) is 36.4 Å². The molecule has 0 spiro atoms. The first-order valence-corrected chi connectivity index (χ1v) is 8.18. The van der Waals surface area contributed by atoms with Gasteiger partial charge in [-0.15, -0.1) is 0 Å². The van der Waals surface area contributed by atoms with E-state index in [0.29, 0.717) is 17.1 Å². The van der Waals surface area contributed by atoms with Crippen molar-refractivity contribution in [3.63, 3.8) is 0 Å². The molecule has 0 aliphatic carbocycles. The van der Waals surface area contributed by atoms with Crippen LogP contribution >= 0.6 is 0 Å². The number of hydrogen-bond acceptors (Lipinski definition) is 5. The Hall–Kier alpha value is -3.28. The molecule has 1 fully saturated rings. The normalized spacial score (nSPS) is 13.5. The van der Waals surface area contributed by atoms with Gasteiger partial charge in [0.15, 0.2) is 0 Å². The van der Waals surface area contributed by atoms with Crippen LogP contribution in [0.4, 0.5) is 11.4 Å². The Morgan fingerprint density at radius 3 is 2.44 bits per heavy atom. The van der Waals surface area contributed by atoms with Gasteiger partial charge in [0.25, 0.3) is 5.56 Å². The third-order valence-electron chi connectivity index (χ3n) is 4.40. The van der Waals surface area contributed by atoms with E-state index in [4.69, 9.17) is 5.73 Å². The molecule has 1 saturated heterocycles. The lowest BCUT2D eigenvalue weighted by molar-refractivity contribution is 0.474. The van der Waals surface area contributed by atoms with Crippen molar-refractivity contribution in [2.24, 2.45) is 0 Å². The van der Waals surface area contributed by atoms with E-state index in [9.17, 15) is 9.90 Å². The average molecular weight is 334 g/mol. The van der Waals surface area contributed by atoms with Crippen LogP contribution in [0.15, 0.2) is 59.4 Å². The van der Waals surface area contributed by atoms with Crippen molar-refractivity contribution in [2.75, 3.05) is 23.7 Å². The van der Waals surface area contributed by atoms with Crippen LogP contribution < -0.4 is 16.2 Å². The average Bonchev–Trinajstić information content (AvgIpc) is 2.58. The molecule has 0 atom stereocenters. The van der Waals surface area contributed by atoms with Gasteiger partial charge in [0.05, 0.1) is 11.4 Å². The minimum absolute atomic E-state index is 0.0675. The number of phenolic OH excluding ortho intramolecular Hbond substituents is 1. The lowest BCUT2D eigenvalue weighted by Crippen LogP contribution is -2.40. The maximum atomic E-state index is 12.8. The predicted octanol–water partition coefficient (Wildman–Crippen LogP) is 2.40. The van der Waals surface area contributed by atoms with Crippen LogP contribution in [0.5, 0.6) is 5.75 Å². The molecule has 0 bridgehead atoms. The van der Waals surface area contributed by atoms with E-state index in [1.165, 1.54) is 10.7 Å². The fourth-order valence-corrected chi connectivity index (χ4v) is 2.99. The molecule has 0 unspecified atom stereocenters. The van der Waals surface area contributed by atoms with Crippen molar-refractivity contribution in [2.45, 2.75) is 6.42 Å². The lowest BCUT2D eigenvalue weighted by Gasteiger charge is -2.35. The smallest absolute Gasteiger partial charge is 0.296 e. The topological polar surface area (TPSA) is 84.4 Å². The van der Waals surface area contributed by atoms with Crippen LogP contribution in [-0.2, 0) is 0 Å². The number of aromatic nitrogens is 2. The predicted molar refractivity (Wildman–Crippen MR) is 98.2 cm³/mol. The van der Waals surface area contributed by atoms with E-state index >= 15 is 0 Å². The molecule has 6 heteroatoms. The Bertz CT molecular complexity index is 978. The Labute approximate surface area is 144 Å². The lowest BCUT2D eigenvalue weighted by atomic mass is 10.1. The van der Waals surface area contributed by atoms with Crippen LogP contribution in [0.25, 0.3) is 16.9 Å². The number of aromatic hydroxyl groups is 1. The largest absolute Gasteiger partial charge is 0.508 e. The second-order valence-electron chi connectivity index (χ2n) is 6.05. The molecule has 6 nitrogen and oxygen atoms in total. The third kappa shape index (κ3) is 2.61. The number of phenols is 1. The Balaban J connectivity index is 1.99. The number of nitrogens with two attached hydrogens (primary N) is 1. The summed E-state index contributed by atoms with van der Waals surface area (Å²) >= 11 is 0. The zero-order chi connectivity index (χ0) is 17.4. The van der Waals surface area contributed by atoms with Crippen molar-refractivity contribution in [3.05, 3.63) is 65.0 Å². The van der Waals surface area contributed by atoms with Gasteiger partial charge < -0.3 is 15.7 Å². The molecule has 126 valence electrons. The molecule has 3 N–H and O–H groups in total. The summed E-state index contributed by atoms with van der Waals surface area (Å²) in [5.41, 5.74) is 8.76. The minimum atomic E-state index is -0.382. The summed E-state index contributed by atoms with van der Waals surface area (Å²) in [7, 11) is 0. The molecule has 1 aliphatic rings. The van der Waals surface area contributed by atoms with Crippen LogP contribution in [0, 0.1) is 0 Å². The molecule has 3 aromatic rings. The maximum Gasteiger partial charge on any atom is 0.296 e. The summed E-state index contributed by atoms with van der Waals surface area (Å²) in [5.74, 6) is 0.0675. The van der Waals surface area contributed by atoms with Crippen LogP contribution in [0.1, 0.15) is 6.42 Å². The van der Waals surface area contributed by atoms with Gasteiger partial charge in [0, 0.05) is 24.7 Å². The monoisotopic (exact) mass is 334 g/mol. The molecule has 1 aromatic heterocycles. The second kappa shape index (κ2) is 5.98. The quantitative estimate of drug-likeness (QED) is 0.768. The fraction of sp³-hybridized carbons (Fsp3) is 0.158. The Morgan fingerprint density at radius 1 is 1.04 bits per heavy atom. The molecule has 25 heavy (non-hydrogen) atoms. The van der Waals surface area contributed by atoms with Crippen LogP contribution in [-0.4, -0.2) is 28.0 Å². The van der Waals surface area contributed by atoms with E-state index in [1.54, 1.807) is 18.2 Å². The summed E-state index contributed by atoms with van der Waals surface area (Å²) in [5, 5.41) is 14.3. The van der Waals surface area contributed by atoms with Gasteiger partial charge in [-0.25, -0.2) is 0 Å². The molecule has 2 aromatic carbocycles. The van der Waals surface area contributed by atoms with Gasteiger partial charge in [-0.2, -0.15) is 9.78 Å². The molecular weight excluding hydrogens is 316 g/mol. The minimum Gasteiger partial charge on any atom is -0.508 e. The van der Waals surface area contributed by atoms with E-state index in [-0.39, 0.29) is 17.0 Å². The number of rotatable bonds is 3. The highest BCUT2D eigenvalue weighted by molar-refractivity contribution is 5.84. The van der Waals surface area contributed by atoms with E-state index in [1.807, 2.05) is 30.3 Å². The SMILES string of the molecule is Nc1c(N2CCC2)c(-c2ccccc2)nn(-c2cccc(O)c2)c1=O. The highest BCUT2D eigenvalue weighted by atomic mass is 16.3. The summed E-state index contributed by atoms with van der Waals surface area (Å²) in [6, 6.07) is 16.1. The van der Waals surface area contributed by atoms with Gasteiger partial charge in [-0.3, -0.25) is 4.79 Å². The van der Waals surface area contributed by atoms with Crippen molar-refractivity contribution in [1.82, 2.24) is 9.78 Å². The number of hydrogen-bond donors (Lipinski definition) is 2. The van der Waals surface area contributed by atoms with Crippen molar-refractivity contribution in [1.29, 1.82) is 0 Å². The summed E-state index contributed by atoms with van der Waals surface area (Å²) in [6.45, 7) is 1.72. The molecule has 4 rings (SSSR count). The molecule has 2 heterocycles. The molecule has 0 amide bonds. The van der Waals surface area contributed by atoms with E-state index < -0.39 is 0 Å². The van der Waals surface area contributed by atoms with E-state index in [0.717, 1.165) is 25.1 Å². The highest BCUT2D eigenvalue weighted by Gasteiger charge is 2.25. The first kappa shape index (κ1) is 15.3. The summed E-state index contributed by atoms with van der Waals surface area (Å²) in [4.78, 5) is 14.9. The number of benzene rings is 2. The molecule has 0 radical (unpaired) electrons. The molecule has 1 aliphatic heterocycles. The summed E-state index contributed by atoms with van der Waals surface area (Å²) in [6.07, 6.45) is 1.07. The fourth-order valence-electron chi connectivity index (χ4n) is 2.99. The van der Waals surface area contributed by atoms with Gasteiger partial charge in [0.1, 0.15) is 17.1 Å². The second-order valence-corrected chi connectivity index (χ2v) is 6.05. The maximum absolute atomic E-state index is 12.8. The van der Waals surface area contributed by atoms with Crippen LogP contribution in [0.2, 0.25) is 0 Å². The number of nitrogens with zero attached hydrogens (tertiary/aromatic N) is 3. The molecular formula is C19H18N4O2. The number of anilines is 2. The molecule has 0 saturated carbocycles. The zero-order valence-corrected chi connectivity index (χ0v) is 13.6. The standard InChI is InChI=1S/C19H18N4O2/c20-16-18(22-10-5-11-22)17(13-6-2-1-3-7-13)21-23(19(16)25)14-8-4-9-15(24)12-14/h1-4,6-9,12,24H,5,10-11,20H2. The Kier molecular flexibility index (Phi) is 3.65. The Morgan fingerprint density at radius 2 is 1.80 bits per heavy atom. The van der Waals surface area contributed by atoms with Gasteiger partial charge in [-0.05, 0) is 18.6 Å². The van der Waals surface area contributed by atoms with E-state index in [2.05, 4.69) is 10.00 Å². The third-order valence-corrected chi connectivity index (χ3v) is 4.40. The first-order valence-electron chi connectivity index (χ1n) is 8.18. The number of nitrogen functional groups attached to an aromatic ring is 1. The van der Waals surface area contributed by atoms with Gasteiger partial charge >= 0.3 is 0 Å². The zero-order valence-electron chi connectivity index (χ0n) is 13.6. The van der Waals surface area contributed by atoms with Crippen LogP contribution in [0.3, 0.4) is 0 Å². The van der Waals surface area contributed by atoms with Crippen molar-refractivity contribution < 1.29 is 5.11 Å². The summed E-state index contributed by atoms with van der Waals surface area (Å²) < 4.78 is 1.25.